The van der Waals surface area contributed by atoms with Gasteiger partial charge in [0.2, 0.25) is 0 Å². The highest BCUT2D eigenvalue weighted by molar-refractivity contribution is 9.12. The molecule has 0 aliphatic carbocycles. The SMILES string of the molecule is BrCCBr.CCc1cc(N2C(=S)N(c3ccc(C#N)c(C(F)(F)F)c3)C(=O)C2(C)C)ccc1OCCBr. The summed E-state index contributed by atoms with van der Waals surface area (Å²) in [6, 6.07) is 10.1. The maximum absolute atomic E-state index is 13.5. The summed E-state index contributed by atoms with van der Waals surface area (Å²) in [6.07, 6.45) is -4.07. The molecule has 0 spiro atoms. The molecular weight excluding hydrogens is 703 g/mol. The van der Waals surface area contributed by atoms with Crippen LogP contribution in [-0.4, -0.2) is 39.2 Å². The summed E-state index contributed by atoms with van der Waals surface area (Å²) in [5.74, 6) is 0.247. The van der Waals surface area contributed by atoms with Gasteiger partial charge >= 0.3 is 6.18 Å². The molecule has 12 heteroatoms. The molecule has 1 amide bonds. The Kier molecular flexibility index (Phi) is 11.4. The summed E-state index contributed by atoms with van der Waals surface area (Å²) < 4.78 is 46.2. The molecule has 1 fully saturated rings. The average Bonchev–Trinajstić information content (AvgIpc) is 3.05. The second-order valence-electron chi connectivity index (χ2n) is 8.22. The highest BCUT2D eigenvalue weighted by Crippen LogP contribution is 2.40. The van der Waals surface area contributed by atoms with Crippen LogP contribution in [0.25, 0.3) is 0 Å². The fraction of sp³-hybridized carbons (Fsp3) is 0.400. The topological polar surface area (TPSA) is 56.6 Å². The zero-order valence-corrected chi connectivity index (χ0v) is 25.9. The number of hydrogen-bond acceptors (Lipinski definition) is 4. The quantitative estimate of drug-likeness (QED) is 0.217. The highest BCUT2D eigenvalue weighted by atomic mass is 79.9. The lowest BCUT2D eigenvalue weighted by Gasteiger charge is -2.30. The maximum atomic E-state index is 13.5. The molecule has 0 unspecified atom stereocenters. The number of nitriles is 1. The second kappa shape index (κ2) is 13.4. The first-order valence-corrected chi connectivity index (χ1v) is 14.9. The molecule has 2 aromatic carbocycles. The molecule has 0 aromatic heterocycles. The third-order valence-electron chi connectivity index (χ3n) is 5.44. The molecule has 3 rings (SSSR count). The lowest BCUT2D eigenvalue weighted by Crippen LogP contribution is -2.44. The number of nitrogens with zero attached hydrogens (tertiary/aromatic N) is 3. The molecular formula is C25H25Br3F3N3O2S. The van der Waals surface area contributed by atoms with E-state index in [4.69, 9.17) is 22.2 Å². The molecule has 1 saturated heterocycles. The van der Waals surface area contributed by atoms with Crippen LogP contribution < -0.4 is 14.5 Å². The van der Waals surface area contributed by atoms with Crippen molar-refractivity contribution in [2.45, 2.75) is 38.9 Å². The van der Waals surface area contributed by atoms with Crippen LogP contribution in [-0.2, 0) is 17.4 Å². The highest BCUT2D eigenvalue weighted by Gasteiger charge is 2.50. The Morgan fingerprint density at radius 2 is 1.68 bits per heavy atom. The van der Waals surface area contributed by atoms with Crippen LogP contribution >= 0.6 is 60.0 Å². The van der Waals surface area contributed by atoms with E-state index in [0.717, 1.165) is 33.3 Å². The number of benzene rings is 2. The van der Waals surface area contributed by atoms with Crippen LogP contribution in [0.5, 0.6) is 5.75 Å². The molecule has 0 N–H and O–H groups in total. The Hall–Kier alpha value is -1.68. The summed E-state index contributed by atoms with van der Waals surface area (Å²) in [7, 11) is 0. The maximum Gasteiger partial charge on any atom is 0.417 e. The van der Waals surface area contributed by atoms with Crippen molar-refractivity contribution >= 4 is 82.4 Å². The van der Waals surface area contributed by atoms with Crippen molar-refractivity contribution in [2.75, 3.05) is 32.4 Å². The first-order chi connectivity index (χ1) is 17.4. The lowest BCUT2D eigenvalue weighted by atomic mass is 10.0. The van der Waals surface area contributed by atoms with Gasteiger partial charge in [-0.05, 0) is 74.4 Å². The van der Waals surface area contributed by atoms with Gasteiger partial charge in [0.15, 0.2) is 5.11 Å². The van der Waals surface area contributed by atoms with E-state index >= 15 is 0 Å². The number of ether oxygens (including phenoxy) is 1. The van der Waals surface area contributed by atoms with Gasteiger partial charge in [0.05, 0.1) is 29.5 Å². The summed E-state index contributed by atoms with van der Waals surface area (Å²) in [6.45, 7) is 5.79. The predicted molar refractivity (Wildman–Crippen MR) is 155 cm³/mol. The first-order valence-electron chi connectivity index (χ1n) is 11.1. The van der Waals surface area contributed by atoms with E-state index in [1.54, 1.807) is 36.9 Å². The summed E-state index contributed by atoms with van der Waals surface area (Å²) >= 11 is 15.3. The van der Waals surface area contributed by atoms with E-state index < -0.39 is 28.7 Å². The van der Waals surface area contributed by atoms with Crippen molar-refractivity contribution in [1.29, 1.82) is 5.26 Å². The Balaban J connectivity index is 0.00000112. The number of carbonyl (C=O) groups excluding carboxylic acids is 1. The fourth-order valence-corrected chi connectivity index (χ4v) is 4.41. The molecule has 0 saturated carbocycles. The molecule has 0 bridgehead atoms. The molecule has 0 radical (unpaired) electrons. The van der Waals surface area contributed by atoms with Crippen LogP contribution in [0, 0.1) is 11.3 Å². The van der Waals surface area contributed by atoms with Crippen molar-refractivity contribution in [3.8, 4) is 11.8 Å². The van der Waals surface area contributed by atoms with E-state index in [0.29, 0.717) is 29.8 Å². The minimum Gasteiger partial charge on any atom is -0.492 e. The fourth-order valence-electron chi connectivity index (χ4n) is 3.73. The number of carbonyl (C=O) groups is 1. The number of thiocarbonyl (C=S) groups is 1. The summed E-state index contributed by atoms with van der Waals surface area (Å²) in [5.41, 5.74) is -1.28. The van der Waals surface area contributed by atoms with E-state index in [-0.39, 0.29) is 10.8 Å². The molecule has 1 aliphatic heterocycles. The minimum atomic E-state index is -4.75. The standard InChI is InChI=1S/C23H21BrF3N3O2S.C2H4Br2/c1-4-14-11-17(7-8-19(14)32-10-9-24)30-21(33)29(20(31)22(30,2)3)16-6-5-15(13-28)18(12-16)23(25,26)27;3-1-2-4/h5-8,11-12H,4,9-10H2,1-3H3;1-2H2. The van der Waals surface area contributed by atoms with Crippen molar-refractivity contribution in [1.82, 2.24) is 0 Å². The molecule has 1 aliphatic rings. The van der Waals surface area contributed by atoms with Gasteiger partial charge in [-0.3, -0.25) is 9.69 Å². The van der Waals surface area contributed by atoms with Gasteiger partial charge in [-0.25, -0.2) is 0 Å². The number of rotatable bonds is 7. The van der Waals surface area contributed by atoms with Crippen LogP contribution in [0.1, 0.15) is 37.5 Å². The van der Waals surface area contributed by atoms with E-state index in [9.17, 15) is 18.0 Å². The van der Waals surface area contributed by atoms with Gasteiger partial charge < -0.3 is 9.64 Å². The number of hydrogen-bond donors (Lipinski definition) is 0. The Morgan fingerprint density at radius 3 is 2.19 bits per heavy atom. The smallest absolute Gasteiger partial charge is 0.417 e. The van der Waals surface area contributed by atoms with E-state index in [2.05, 4.69) is 47.8 Å². The Labute approximate surface area is 245 Å². The normalized spacial score (nSPS) is 14.8. The molecule has 200 valence electrons. The van der Waals surface area contributed by atoms with Gasteiger partial charge in [0.1, 0.15) is 11.3 Å². The number of aryl methyl sites for hydroxylation is 1. The zero-order chi connectivity index (χ0) is 28.0. The monoisotopic (exact) mass is 725 g/mol. The number of alkyl halides is 6. The third kappa shape index (κ3) is 7.05. The average molecular weight is 728 g/mol. The van der Waals surface area contributed by atoms with Crippen molar-refractivity contribution < 1.29 is 22.7 Å². The third-order valence-corrected chi connectivity index (χ3v) is 7.99. The largest absolute Gasteiger partial charge is 0.492 e. The van der Waals surface area contributed by atoms with Gasteiger partial charge in [-0.1, -0.05) is 54.7 Å². The predicted octanol–water partition coefficient (Wildman–Crippen LogP) is 7.61. The number of halogens is 6. The van der Waals surface area contributed by atoms with Gasteiger partial charge in [-0.2, -0.15) is 18.4 Å². The summed E-state index contributed by atoms with van der Waals surface area (Å²) in [5, 5.41) is 11.9. The first kappa shape index (κ1) is 31.5. The van der Waals surface area contributed by atoms with Gasteiger partial charge in [0, 0.05) is 21.7 Å². The van der Waals surface area contributed by atoms with Gasteiger partial charge in [-0.15, -0.1) is 0 Å². The molecule has 37 heavy (non-hydrogen) atoms. The van der Waals surface area contributed by atoms with E-state index in [1.807, 2.05) is 13.0 Å². The van der Waals surface area contributed by atoms with Crippen LogP contribution in [0.2, 0.25) is 0 Å². The van der Waals surface area contributed by atoms with Gasteiger partial charge in [0.25, 0.3) is 5.91 Å². The molecule has 0 atom stereocenters. The summed E-state index contributed by atoms with van der Waals surface area (Å²) in [4.78, 5) is 16.0. The Bertz CT molecular complexity index is 1180. The van der Waals surface area contributed by atoms with Crippen molar-refractivity contribution in [3.63, 3.8) is 0 Å². The lowest BCUT2D eigenvalue weighted by molar-refractivity contribution is -0.137. The second-order valence-corrected chi connectivity index (χ2v) is 11.0. The van der Waals surface area contributed by atoms with Crippen molar-refractivity contribution in [2.24, 2.45) is 0 Å². The Morgan fingerprint density at radius 1 is 1.05 bits per heavy atom. The van der Waals surface area contributed by atoms with E-state index in [1.165, 1.54) is 6.07 Å². The van der Waals surface area contributed by atoms with Crippen LogP contribution in [0.15, 0.2) is 36.4 Å². The minimum absolute atomic E-state index is 0.0418. The van der Waals surface area contributed by atoms with Crippen LogP contribution in [0.3, 0.4) is 0 Å². The molecule has 1 heterocycles. The molecule has 2 aromatic rings. The number of anilines is 2. The van der Waals surface area contributed by atoms with Crippen molar-refractivity contribution in [3.05, 3.63) is 53.1 Å². The number of amides is 1. The van der Waals surface area contributed by atoms with Crippen LogP contribution in [0.4, 0.5) is 24.5 Å². The molecule has 5 nitrogen and oxygen atoms in total. The zero-order valence-electron chi connectivity index (χ0n) is 20.3.